The minimum absolute atomic E-state index is 0.667. The monoisotopic (exact) mass is 477 g/mol. The Morgan fingerprint density at radius 3 is 2.75 bits per heavy atom. The number of hydrogen-bond acceptors (Lipinski definition) is 6. The van der Waals surface area contributed by atoms with E-state index in [1.807, 2.05) is 60.4 Å². The van der Waals surface area contributed by atoms with Crippen molar-refractivity contribution in [1.29, 1.82) is 0 Å². The molecule has 0 radical (unpaired) electrons. The van der Waals surface area contributed by atoms with E-state index < -0.39 is 0 Å². The van der Waals surface area contributed by atoms with Crippen molar-refractivity contribution in [3.63, 3.8) is 0 Å². The molecule has 6 rings (SSSR count). The topological polar surface area (TPSA) is 104 Å². The molecule has 5 heterocycles. The smallest absolute Gasteiger partial charge is 0.161 e. The summed E-state index contributed by atoms with van der Waals surface area (Å²) in [7, 11) is 4.19. The number of fused-ring (bicyclic) bond motifs is 2. The van der Waals surface area contributed by atoms with Crippen molar-refractivity contribution >= 4 is 22.1 Å². The summed E-state index contributed by atoms with van der Waals surface area (Å²) in [6.07, 6.45) is 9.67. The van der Waals surface area contributed by atoms with Gasteiger partial charge in [-0.2, -0.15) is 5.10 Å². The number of para-hydroxylation sites is 1. The minimum atomic E-state index is 0.667. The van der Waals surface area contributed by atoms with Crippen LogP contribution < -0.4 is 0 Å². The van der Waals surface area contributed by atoms with E-state index in [4.69, 9.17) is 9.97 Å². The SMILES string of the molecule is Cc1cn(-c2cccc3[nH]c(-c4n[nH]c5ccc(-c6cncc(CCCN(C)C)c6)nc45)nc23)cn1. The lowest BCUT2D eigenvalue weighted by Crippen LogP contribution is -2.13. The molecule has 0 unspecified atom stereocenters. The van der Waals surface area contributed by atoms with E-state index in [2.05, 4.69) is 50.2 Å². The van der Waals surface area contributed by atoms with Gasteiger partial charge in [-0.1, -0.05) is 6.07 Å². The molecule has 9 heteroatoms. The quantitative estimate of drug-likeness (QED) is 0.350. The van der Waals surface area contributed by atoms with Crippen LogP contribution in [0.1, 0.15) is 17.7 Å². The van der Waals surface area contributed by atoms with E-state index in [1.54, 1.807) is 6.33 Å². The Balaban J connectivity index is 1.37. The molecule has 1 aromatic carbocycles. The van der Waals surface area contributed by atoms with Gasteiger partial charge in [0.15, 0.2) is 11.5 Å². The van der Waals surface area contributed by atoms with Crippen LogP contribution in [-0.2, 0) is 6.42 Å². The largest absolute Gasteiger partial charge is 0.336 e. The number of H-pyrrole nitrogens is 2. The molecule has 180 valence electrons. The number of imidazole rings is 2. The van der Waals surface area contributed by atoms with Gasteiger partial charge in [0, 0.05) is 24.2 Å². The summed E-state index contributed by atoms with van der Waals surface area (Å²) in [6, 6.07) is 12.2. The van der Waals surface area contributed by atoms with E-state index in [0.717, 1.165) is 64.1 Å². The lowest BCUT2D eigenvalue weighted by Gasteiger charge is -2.09. The third-order valence-corrected chi connectivity index (χ3v) is 6.27. The van der Waals surface area contributed by atoms with Crippen molar-refractivity contribution in [3.8, 4) is 28.5 Å². The van der Waals surface area contributed by atoms with Crippen LogP contribution in [0.2, 0.25) is 0 Å². The maximum Gasteiger partial charge on any atom is 0.161 e. The second kappa shape index (κ2) is 9.01. The van der Waals surface area contributed by atoms with E-state index in [1.165, 1.54) is 5.56 Å². The molecule has 0 atom stereocenters. The summed E-state index contributed by atoms with van der Waals surface area (Å²) in [5.41, 5.74) is 9.07. The van der Waals surface area contributed by atoms with Crippen LogP contribution >= 0.6 is 0 Å². The molecule has 0 saturated carbocycles. The number of hydrogen-bond donors (Lipinski definition) is 2. The number of pyridine rings is 2. The second-order valence-electron chi connectivity index (χ2n) is 9.33. The predicted octanol–water partition coefficient (Wildman–Crippen LogP) is 4.55. The van der Waals surface area contributed by atoms with Crippen LogP contribution in [0.4, 0.5) is 0 Å². The lowest BCUT2D eigenvalue weighted by atomic mass is 10.1. The molecule has 9 nitrogen and oxygen atoms in total. The molecule has 0 spiro atoms. The number of nitrogens with one attached hydrogen (secondary N) is 2. The van der Waals surface area contributed by atoms with Gasteiger partial charge in [-0.25, -0.2) is 15.0 Å². The summed E-state index contributed by atoms with van der Waals surface area (Å²) in [5.74, 6) is 0.667. The Hall–Kier alpha value is -4.37. The molecule has 0 bridgehead atoms. The van der Waals surface area contributed by atoms with Gasteiger partial charge in [0.25, 0.3) is 0 Å². The highest BCUT2D eigenvalue weighted by atomic mass is 15.2. The van der Waals surface area contributed by atoms with Crippen LogP contribution in [0, 0.1) is 6.92 Å². The van der Waals surface area contributed by atoms with Gasteiger partial charge in [0.05, 0.1) is 34.4 Å². The Kier molecular flexibility index (Phi) is 5.54. The molecular formula is C27H27N9. The number of aromatic nitrogens is 8. The van der Waals surface area contributed by atoms with E-state index >= 15 is 0 Å². The highest BCUT2D eigenvalue weighted by molar-refractivity contribution is 5.93. The van der Waals surface area contributed by atoms with Gasteiger partial charge in [-0.05, 0) is 76.3 Å². The van der Waals surface area contributed by atoms with Crippen LogP contribution in [0.3, 0.4) is 0 Å². The summed E-state index contributed by atoms with van der Waals surface area (Å²) < 4.78 is 1.99. The molecule has 5 aromatic heterocycles. The number of aryl methyl sites for hydroxylation is 2. The molecule has 6 aromatic rings. The molecule has 0 aliphatic heterocycles. The standard InChI is InChI=1S/C27H27N9/c1-17-15-36(16-29-17)23-8-4-7-21-24(23)32-27(31-21)26-25-22(33-34-26)10-9-20(30-25)19-12-18(13-28-14-19)6-5-11-35(2)3/h4,7-10,12-16H,5-6,11H2,1-3H3,(H,31,32)(H,33,34). The summed E-state index contributed by atoms with van der Waals surface area (Å²) >= 11 is 0. The first-order valence-corrected chi connectivity index (χ1v) is 12.0. The summed E-state index contributed by atoms with van der Waals surface area (Å²) in [6.45, 7) is 3.02. The van der Waals surface area contributed by atoms with E-state index in [9.17, 15) is 0 Å². The molecule has 0 aliphatic carbocycles. The zero-order valence-corrected chi connectivity index (χ0v) is 20.5. The van der Waals surface area contributed by atoms with E-state index in [-0.39, 0.29) is 0 Å². The Bertz CT molecular complexity index is 1670. The van der Waals surface area contributed by atoms with Crippen molar-refractivity contribution < 1.29 is 0 Å². The number of rotatable bonds is 7. The highest BCUT2D eigenvalue weighted by Crippen LogP contribution is 2.29. The zero-order valence-electron chi connectivity index (χ0n) is 20.5. The fourth-order valence-corrected chi connectivity index (χ4v) is 4.48. The first-order valence-electron chi connectivity index (χ1n) is 12.0. The maximum atomic E-state index is 4.97. The fraction of sp³-hybridized carbons (Fsp3) is 0.222. The third kappa shape index (κ3) is 4.14. The Morgan fingerprint density at radius 1 is 1.00 bits per heavy atom. The van der Waals surface area contributed by atoms with Crippen LogP contribution in [0.25, 0.3) is 50.5 Å². The minimum Gasteiger partial charge on any atom is -0.336 e. The summed E-state index contributed by atoms with van der Waals surface area (Å²) in [4.78, 5) is 24.3. The van der Waals surface area contributed by atoms with Gasteiger partial charge < -0.3 is 14.5 Å². The average molecular weight is 478 g/mol. The second-order valence-corrected chi connectivity index (χ2v) is 9.33. The van der Waals surface area contributed by atoms with Crippen LogP contribution in [0.5, 0.6) is 0 Å². The summed E-state index contributed by atoms with van der Waals surface area (Å²) in [5, 5.41) is 7.66. The molecule has 2 N–H and O–H groups in total. The van der Waals surface area contributed by atoms with Gasteiger partial charge >= 0.3 is 0 Å². The zero-order chi connectivity index (χ0) is 24.6. The van der Waals surface area contributed by atoms with Crippen molar-refractivity contribution in [2.45, 2.75) is 19.8 Å². The van der Waals surface area contributed by atoms with Gasteiger partial charge in [0.1, 0.15) is 11.0 Å². The number of aromatic amines is 2. The van der Waals surface area contributed by atoms with Gasteiger partial charge in [0.2, 0.25) is 0 Å². The normalized spacial score (nSPS) is 11.8. The maximum absolute atomic E-state index is 4.97. The fourth-order valence-electron chi connectivity index (χ4n) is 4.48. The van der Waals surface area contributed by atoms with Crippen molar-refractivity contribution in [1.82, 2.24) is 44.6 Å². The molecule has 0 saturated heterocycles. The van der Waals surface area contributed by atoms with E-state index in [0.29, 0.717) is 11.5 Å². The lowest BCUT2D eigenvalue weighted by molar-refractivity contribution is 0.400. The number of benzene rings is 1. The first kappa shape index (κ1) is 22.1. The van der Waals surface area contributed by atoms with Gasteiger partial charge in [-0.15, -0.1) is 0 Å². The van der Waals surface area contributed by atoms with Crippen LogP contribution in [-0.4, -0.2) is 65.2 Å². The van der Waals surface area contributed by atoms with Crippen molar-refractivity contribution in [2.24, 2.45) is 0 Å². The first-order chi connectivity index (χ1) is 17.5. The highest BCUT2D eigenvalue weighted by Gasteiger charge is 2.17. The number of nitrogens with zero attached hydrogens (tertiary/aromatic N) is 7. The molecular weight excluding hydrogens is 450 g/mol. The molecule has 0 aliphatic rings. The predicted molar refractivity (Wildman–Crippen MR) is 141 cm³/mol. The van der Waals surface area contributed by atoms with Crippen LogP contribution in [0.15, 0.2) is 61.3 Å². The molecule has 0 amide bonds. The van der Waals surface area contributed by atoms with Crippen molar-refractivity contribution in [3.05, 3.63) is 72.6 Å². The van der Waals surface area contributed by atoms with Crippen molar-refractivity contribution in [2.75, 3.05) is 20.6 Å². The Labute approximate surface area is 208 Å². The average Bonchev–Trinajstić information content (AvgIpc) is 3.61. The third-order valence-electron chi connectivity index (χ3n) is 6.27. The Morgan fingerprint density at radius 2 is 1.92 bits per heavy atom. The molecule has 0 fully saturated rings. The van der Waals surface area contributed by atoms with Gasteiger partial charge in [-0.3, -0.25) is 10.1 Å². The molecule has 36 heavy (non-hydrogen) atoms.